The van der Waals surface area contributed by atoms with Gasteiger partial charge >= 0.3 is 0 Å². The van der Waals surface area contributed by atoms with Gasteiger partial charge in [-0.25, -0.2) is 15.0 Å². The minimum atomic E-state index is 0.0657. The van der Waals surface area contributed by atoms with Crippen molar-refractivity contribution in [2.45, 2.75) is 19.5 Å². The van der Waals surface area contributed by atoms with E-state index in [2.05, 4.69) is 61.8 Å². The number of nitrogens with two attached hydrogens (primary N) is 1. The van der Waals surface area contributed by atoms with Crippen molar-refractivity contribution in [2.24, 2.45) is 0 Å². The molecule has 9 heteroatoms. The zero-order valence-electron chi connectivity index (χ0n) is 21.4. The molecule has 1 atom stereocenters. The highest BCUT2D eigenvalue weighted by molar-refractivity contribution is 5.83. The van der Waals surface area contributed by atoms with Crippen LogP contribution >= 0.6 is 0 Å². The number of fused-ring (bicyclic) bond motifs is 1. The molecule has 0 aliphatic rings. The third-order valence-electron chi connectivity index (χ3n) is 6.44. The van der Waals surface area contributed by atoms with Crippen LogP contribution in [0.5, 0.6) is 0 Å². The van der Waals surface area contributed by atoms with E-state index in [0.717, 1.165) is 39.2 Å². The van der Waals surface area contributed by atoms with Gasteiger partial charge in [-0.15, -0.1) is 0 Å². The van der Waals surface area contributed by atoms with E-state index in [1.165, 1.54) is 0 Å². The van der Waals surface area contributed by atoms with Gasteiger partial charge in [0.25, 0.3) is 0 Å². The highest BCUT2D eigenvalue weighted by Gasteiger charge is 2.12. The normalized spacial score (nSPS) is 11.8. The highest BCUT2D eigenvalue weighted by Crippen LogP contribution is 2.26. The van der Waals surface area contributed by atoms with Crippen molar-refractivity contribution >= 4 is 28.7 Å². The second-order valence-electron chi connectivity index (χ2n) is 9.17. The average Bonchev–Trinajstić information content (AvgIpc) is 3.40. The Morgan fingerprint density at radius 3 is 2.46 bits per heavy atom. The summed E-state index contributed by atoms with van der Waals surface area (Å²) >= 11 is 0. The van der Waals surface area contributed by atoms with Gasteiger partial charge in [0.1, 0.15) is 18.0 Å². The lowest BCUT2D eigenvalue weighted by atomic mass is 10.1. The molecule has 3 aromatic carbocycles. The van der Waals surface area contributed by atoms with Crippen LogP contribution in [0.1, 0.15) is 24.1 Å². The third-order valence-corrected chi connectivity index (χ3v) is 6.44. The smallest absolute Gasteiger partial charge is 0.225 e. The van der Waals surface area contributed by atoms with E-state index in [0.29, 0.717) is 18.3 Å². The Balaban J connectivity index is 1.24. The predicted octanol–water partition coefficient (Wildman–Crippen LogP) is 5.64. The molecule has 3 aromatic heterocycles. The maximum atomic E-state index is 6.04. The van der Waals surface area contributed by atoms with Crippen LogP contribution in [-0.4, -0.2) is 29.5 Å². The summed E-state index contributed by atoms with van der Waals surface area (Å²) in [7, 11) is 0. The van der Waals surface area contributed by atoms with Gasteiger partial charge in [-0.2, -0.15) is 9.97 Å². The van der Waals surface area contributed by atoms with Gasteiger partial charge in [-0.3, -0.25) is 4.57 Å². The Bertz CT molecular complexity index is 1720. The fraction of sp³-hybridized carbons (Fsp3) is 0.100. The van der Waals surface area contributed by atoms with Crippen LogP contribution in [0.15, 0.2) is 104 Å². The standard InChI is InChI=1S/C30H27N9/c1-20(22-10-6-3-7-11-22)35-30-32-15-14-28(38-30)39-19-34-25-16-23(12-13-26(25)39)24-17-27(37-29(31)36-24)33-18-21-8-4-2-5-9-21/h2-17,19-20H,18H2,1H3,(H,32,35,38)(H3,31,33,36,37)/t20-/m0/s1. The molecule has 6 rings (SSSR count). The molecule has 0 fully saturated rings. The maximum Gasteiger partial charge on any atom is 0.225 e. The van der Waals surface area contributed by atoms with Crippen LogP contribution in [0.25, 0.3) is 28.1 Å². The number of hydrogen-bond donors (Lipinski definition) is 3. The molecule has 3 heterocycles. The summed E-state index contributed by atoms with van der Waals surface area (Å²) in [6, 6.07) is 30.2. The number of aromatic nitrogens is 6. The first-order valence-electron chi connectivity index (χ1n) is 12.7. The quantitative estimate of drug-likeness (QED) is 0.239. The molecule has 0 spiro atoms. The fourth-order valence-corrected chi connectivity index (χ4v) is 4.42. The first-order valence-corrected chi connectivity index (χ1v) is 12.7. The fourth-order valence-electron chi connectivity index (χ4n) is 4.42. The molecule has 0 aliphatic heterocycles. The van der Waals surface area contributed by atoms with Crippen LogP contribution in [0.4, 0.5) is 17.7 Å². The molecule has 0 saturated carbocycles. The Morgan fingerprint density at radius 1 is 0.846 bits per heavy atom. The number of rotatable bonds is 8. The first-order chi connectivity index (χ1) is 19.1. The van der Waals surface area contributed by atoms with E-state index in [9.17, 15) is 0 Å². The molecule has 0 radical (unpaired) electrons. The van der Waals surface area contributed by atoms with Crippen LogP contribution in [-0.2, 0) is 6.54 Å². The van der Waals surface area contributed by atoms with Gasteiger partial charge < -0.3 is 16.4 Å². The summed E-state index contributed by atoms with van der Waals surface area (Å²) in [5.41, 5.74) is 11.7. The van der Waals surface area contributed by atoms with Gasteiger partial charge in [0.15, 0.2) is 0 Å². The monoisotopic (exact) mass is 513 g/mol. The maximum absolute atomic E-state index is 6.04. The number of imidazole rings is 1. The molecule has 6 aromatic rings. The van der Waals surface area contributed by atoms with Crippen molar-refractivity contribution in [3.8, 4) is 17.1 Å². The Kier molecular flexibility index (Phi) is 6.53. The molecule has 9 nitrogen and oxygen atoms in total. The lowest BCUT2D eigenvalue weighted by molar-refractivity contribution is 0.854. The number of nitrogen functional groups attached to an aromatic ring is 1. The van der Waals surface area contributed by atoms with E-state index < -0.39 is 0 Å². The Labute approximate surface area is 225 Å². The molecular weight excluding hydrogens is 486 g/mol. The summed E-state index contributed by atoms with van der Waals surface area (Å²) in [6.45, 7) is 2.72. The second kappa shape index (κ2) is 10.6. The molecule has 192 valence electrons. The van der Waals surface area contributed by atoms with E-state index >= 15 is 0 Å². The molecule has 0 bridgehead atoms. The van der Waals surface area contributed by atoms with Crippen LogP contribution < -0.4 is 16.4 Å². The summed E-state index contributed by atoms with van der Waals surface area (Å²) in [5.74, 6) is 2.15. The van der Waals surface area contributed by atoms with E-state index in [-0.39, 0.29) is 12.0 Å². The van der Waals surface area contributed by atoms with Crippen molar-refractivity contribution in [1.82, 2.24) is 29.5 Å². The van der Waals surface area contributed by atoms with Crippen molar-refractivity contribution in [3.05, 3.63) is 115 Å². The van der Waals surface area contributed by atoms with Crippen LogP contribution in [0.3, 0.4) is 0 Å². The van der Waals surface area contributed by atoms with Crippen molar-refractivity contribution < 1.29 is 0 Å². The van der Waals surface area contributed by atoms with E-state index in [4.69, 9.17) is 10.7 Å². The summed E-state index contributed by atoms with van der Waals surface area (Å²) in [6.07, 6.45) is 3.51. The van der Waals surface area contributed by atoms with Gasteiger partial charge in [-0.05, 0) is 36.2 Å². The molecule has 0 aliphatic carbocycles. The van der Waals surface area contributed by atoms with Gasteiger partial charge in [0.05, 0.1) is 22.8 Å². The average molecular weight is 514 g/mol. The number of nitrogens with one attached hydrogen (secondary N) is 2. The molecular formula is C30H27N9. The zero-order valence-corrected chi connectivity index (χ0v) is 21.4. The first kappa shape index (κ1) is 24.1. The van der Waals surface area contributed by atoms with E-state index in [1.54, 1.807) is 12.5 Å². The largest absolute Gasteiger partial charge is 0.368 e. The molecule has 39 heavy (non-hydrogen) atoms. The van der Waals surface area contributed by atoms with Gasteiger partial charge in [0.2, 0.25) is 11.9 Å². The minimum Gasteiger partial charge on any atom is -0.368 e. The van der Waals surface area contributed by atoms with Crippen molar-refractivity contribution in [1.29, 1.82) is 0 Å². The molecule has 0 unspecified atom stereocenters. The lowest BCUT2D eigenvalue weighted by Gasteiger charge is -2.14. The zero-order chi connectivity index (χ0) is 26.6. The van der Waals surface area contributed by atoms with Crippen LogP contribution in [0.2, 0.25) is 0 Å². The molecule has 4 N–H and O–H groups in total. The van der Waals surface area contributed by atoms with Gasteiger partial charge in [0, 0.05) is 24.4 Å². The number of benzene rings is 3. The highest BCUT2D eigenvalue weighted by atomic mass is 15.2. The minimum absolute atomic E-state index is 0.0657. The van der Waals surface area contributed by atoms with Crippen molar-refractivity contribution in [3.63, 3.8) is 0 Å². The number of hydrogen-bond acceptors (Lipinski definition) is 8. The number of nitrogens with zero attached hydrogens (tertiary/aromatic N) is 6. The van der Waals surface area contributed by atoms with E-state index in [1.807, 2.05) is 71.3 Å². The topological polar surface area (TPSA) is 119 Å². The summed E-state index contributed by atoms with van der Waals surface area (Å²) in [5, 5.41) is 6.72. The SMILES string of the molecule is C[C@H](Nc1nccc(-n2cnc3cc(-c4cc(NCc5ccccc5)nc(N)n4)ccc32)n1)c1ccccc1. The Morgan fingerprint density at radius 2 is 1.64 bits per heavy atom. The second-order valence-corrected chi connectivity index (χ2v) is 9.17. The Hall–Kier alpha value is -5.31. The number of anilines is 3. The molecule has 0 amide bonds. The van der Waals surface area contributed by atoms with Crippen LogP contribution in [0, 0.1) is 0 Å². The summed E-state index contributed by atoms with van der Waals surface area (Å²) < 4.78 is 1.94. The lowest BCUT2D eigenvalue weighted by Crippen LogP contribution is -2.10. The molecule has 0 saturated heterocycles. The van der Waals surface area contributed by atoms with Crippen molar-refractivity contribution in [2.75, 3.05) is 16.4 Å². The third kappa shape index (κ3) is 5.37. The van der Waals surface area contributed by atoms with Gasteiger partial charge in [-0.1, -0.05) is 66.7 Å². The predicted molar refractivity (Wildman–Crippen MR) is 154 cm³/mol. The summed E-state index contributed by atoms with van der Waals surface area (Å²) in [4.78, 5) is 22.6.